The van der Waals surface area contributed by atoms with Crippen molar-refractivity contribution in [2.24, 2.45) is 0 Å². The van der Waals surface area contributed by atoms with Gasteiger partial charge in [-0.05, 0) is 18.4 Å². The van der Waals surface area contributed by atoms with Gasteiger partial charge in [0.15, 0.2) is 0 Å². The van der Waals surface area contributed by atoms with Gasteiger partial charge in [-0.15, -0.1) is 29.5 Å². The summed E-state index contributed by atoms with van der Waals surface area (Å²) in [5.41, 5.74) is 0. The van der Waals surface area contributed by atoms with Crippen LogP contribution >= 0.6 is 23.1 Å². The first kappa shape index (κ1) is 10.2. The lowest BCUT2D eigenvalue weighted by molar-refractivity contribution is 0.0963. The zero-order chi connectivity index (χ0) is 9.68. The van der Waals surface area contributed by atoms with E-state index in [-0.39, 0.29) is 12.5 Å². The predicted octanol–water partition coefficient (Wildman–Crippen LogP) is 1.83. The summed E-state index contributed by atoms with van der Waals surface area (Å²) in [5.74, 6) is 2.26. The average molecular weight is 211 g/mol. The number of terminal acetylenes is 1. The van der Waals surface area contributed by atoms with Crippen LogP contribution in [0.5, 0.6) is 0 Å². The van der Waals surface area contributed by atoms with E-state index in [4.69, 9.17) is 6.42 Å². The maximum atomic E-state index is 11.3. The first-order valence-corrected chi connectivity index (χ1v) is 5.67. The van der Waals surface area contributed by atoms with Gasteiger partial charge in [-0.25, -0.2) is 0 Å². The summed E-state index contributed by atoms with van der Waals surface area (Å²) in [6.07, 6.45) is 7.00. The van der Waals surface area contributed by atoms with E-state index in [1.54, 1.807) is 11.8 Å². The van der Waals surface area contributed by atoms with Crippen molar-refractivity contribution < 1.29 is 4.79 Å². The monoisotopic (exact) mass is 211 g/mol. The van der Waals surface area contributed by atoms with Gasteiger partial charge in [0.1, 0.15) is 0 Å². The van der Waals surface area contributed by atoms with Gasteiger partial charge in [-0.2, -0.15) is 0 Å². The smallest absolute Gasteiger partial charge is 0.262 e. The van der Waals surface area contributed by atoms with E-state index >= 15 is 0 Å². The minimum atomic E-state index is -0.0942. The molecule has 0 radical (unpaired) electrons. The summed E-state index contributed by atoms with van der Waals surface area (Å²) in [5, 5.41) is 2.61. The van der Waals surface area contributed by atoms with Crippen LogP contribution in [0.25, 0.3) is 0 Å². The van der Waals surface area contributed by atoms with Crippen molar-refractivity contribution in [1.82, 2.24) is 5.32 Å². The van der Waals surface area contributed by atoms with Crippen LogP contribution in [0.15, 0.2) is 16.3 Å². The molecule has 1 aromatic rings. The minimum Gasteiger partial charge on any atom is -0.340 e. The lowest BCUT2D eigenvalue weighted by atomic mass is 10.4. The van der Waals surface area contributed by atoms with Crippen LogP contribution in [0.4, 0.5) is 0 Å². The minimum absolute atomic E-state index is 0.0942. The molecule has 0 bridgehead atoms. The van der Waals surface area contributed by atoms with E-state index in [0.717, 1.165) is 4.21 Å². The van der Waals surface area contributed by atoms with E-state index in [9.17, 15) is 4.79 Å². The van der Waals surface area contributed by atoms with E-state index in [1.165, 1.54) is 11.3 Å². The number of hydrogen-bond donors (Lipinski definition) is 1. The van der Waals surface area contributed by atoms with Crippen molar-refractivity contribution in [3.05, 3.63) is 17.0 Å². The number of carbonyl (C=O) groups excluding carboxylic acids is 1. The van der Waals surface area contributed by atoms with Gasteiger partial charge in [0.05, 0.1) is 15.6 Å². The highest BCUT2D eigenvalue weighted by Crippen LogP contribution is 2.24. The fourth-order valence-corrected chi connectivity index (χ4v) is 2.23. The molecule has 0 fully saturated rings. The van der Waals surface area contributed by atoms with Crippen molar-refractivity contribution in [2.75, 3.05) is 12.8 Å². The van der Waals surface area contributed by atoms with Gasteiger partial charge < -0.3 is 5.32 Å². The highest BCUT2D eigenvalue weighted by molar-refractivity contribution is 8.00. The van der Waals surface area contributed by atoms with E-state index in [1.807, 2.05) is 18.4 Å². The molecule has 4 heteroatoms. The van der Waals surface area contributed by atoms with Crippen molar-refractivity contribution in [3.63, 3.8) is 0 Å². The summed E-state index contributed by atoms with van der Waals surface area (Å²) in [6, 6.07) is 3.74. The van der Waals surface area contributed by atoms with Crippen LogP contribution in [-0.2, 0) is 0 Å². The average Bonchev–Trinajstić information content (AvgIpc) is 2.62. The summed E-state index contributed by atoms with van der Waals surface area (Å²) in [4.78, 5) is 12.0. The van der Waals surface area contributed by atoms with Crippen LogP contribution < -0.4 is 5.32 Å². The molecule has 0 saturated carbocycles. The Labute approximate surface area is 85.7 Å². The molecule has 1 amide bonds. The molecule has 0 aliphatic heterocycles. The van der Waals surface area contributed by atoms with E-state index in [0.29, 0.717) is 4.88 Å². The fourth-order valence-electron chi connectivity index (χ4n) is 0.770. The van der Waals surface area contributed by atoms with Crippen LogP contribution in [0.1, 0.15) is 9.67 Å². The van der Waals surface area contributed by atoms with Crippen molar-refractivity contribution in [1.29, 1.82) is 0 Å². The second-order valence-corrected chi connectivity index (χ2v) is 4.40. The molecule has 0 aliphatic carbocycles. The summed E-state index contributed by atoms with van der Waals surface area (Å²) >= 11 is 3.10. The third-order valence-corrected chi connectivity index (χ3v) is 3.52. The first-order valence-electron chi connectivity index (χ1n) is 3.63. The van der Waals surface area contributed by atoms with Crippen LogP contribution in [0, 0.1) is 12.3 Å². The number of thioether (sulfide) groups is 1. The number of amides is 1. The van der Waals surface area contributed by atoms with Gasteiger partial charge in [-0.1, -0.05) is 5.92 Å². The number of carbonyl (C=O) groups is 1. The Hall–Kier alpha value is -0.920. The first-order chi connectivity index (χ1) is 6.27. The Bertz CT molecular complexity index is 338. The lowest BCUT2D eigenvalue weighted by Gasteiger charge is -1.96. The molecule has 0 atom stereocenters. The van der Waals surface area contributed by atoms with Crippen LogP contribution in [0.2, 0.25) is 0 Å². The molecule has 0 aliphatic rings. The number of nitrogens with one attached hydrogen (secondary N) is 1. The van der Waals surface area contributed by atoms with Gasteiger partial charge in [-0.3, -0.25) is 4.79 Å². The van der Waals surface area contributed by atoms with Crippen molar-refractivity contribution >= 4 is 29.0 Å². The third-order valence-electron chi connectivity index (χ3n) is 1.36. The second kappa shape index (κ2) is 4.95. The molecular weight excluding hydrogens is 202 g/mol. The zero-order valence-corrected chi connectivity index (χ0v) is 8.80. The summed E-state index contributed by atoms with van der Waals surface area (Å²) < 4.78 is 1.13. The standard InChI is InChI=1S/C9H9NOS2/c1-3-6-10-9(11)7-4-5-8(12-2)13-7/h1,4-5H,6H2,2H3,(H,10,11). The maximum Gasteiger partial charge on any atom is 0.262 e. The fraction of sp³-hybridized carbons (Fsp3) is 0.222. The Kier molecular flexibility index (Phi) is 3.87. The Morgan fingerprint density at radius 1 is 1.77 bits per heavy atom. The number of hydrogen-bond acceptors (Lipinski definition) is 3. The van der Waals surface area contributed by atoms with Gasteiger partial charge >= 0.3 is 0 Å². The topological polar surface area (TPSA) is 29.1 Å². The zero-order valence-electron chi connectivity index (χ0n) is 7.16. The Morgan fingerprint density at radius 3 is 3.08 bits per heavy atom. The molecule has 13 heavy (non-hydrogen) atoms. The number of thiophene rings is 1. The number of rotatable bonds is 3. The highest BCUT2D eigenvalue weighted by atomic mass is 32.2. The maximum absolute atomic E-state index is 11.3. The van der Waals surface area contributed by atoms with Gasteiger partial charge in [0.25, 0.3) is 5.91 Å². The highest BCUT2D eigenvalue weighted by Gasteiger charge is 2.06. The largest absolute Gasteiger partial charge is 0.340 e. The van der Waals surface area contributed by atoms with Crippen LogP contribution in [0.3, 0.4) is 0 Å². The molecule has 0 spiro atoms. The summed E-state index contributed by atoms with van der Waals surface area (Å²) in [6.45, 7) is 0.283. The van der Waals surface area contributed by atoms with Gasteiger partial charge in [0, 0.05) is 0 Å². The molecule has 1 aromatic heterocycles. The predicted molar refractivity (Wildman–Crippen MR) is 57.3 cm³/mol. The Balaban J connectivity index is 2.62. The second-order valence-electron chi connectivity index (χ2n) is 2.21. The molecular formula is C9H9NOS2. The van der Waals surface area contributed by atoms with E-state index < -0.39 is 0 Å². The van der Waals surface area contributed by atoms with Gasteiger partial charge in [0.2, 0.25) is 0 Å². The SMILES string of the molecule is C#CCNC(=O)c1ccc(SC)s1. The molecule has 1 rings (SSSR count). The van der Waals surface area contributed by atoms with Crippen LogP contribution in [-0.4, -0.2) is 18.7 Å². The third kappa shape index (κ3) is 2.79. The molecule has 0 saturated heterocycles. The normalized spacial score (nSPS) is 9.23. The van der Waals surface area contributed by atoms with Crippen molar-refractivity contribution in [2.45, 2.75) is 4.21 Å². The molecule has 68 valence electrons. The molecule has 1 heterocycles. The lowest BCUT2D eigenvalue weighted by Crippen LogP contribution is -2.22. The Morgan fingerprint density at radius 2 is 2.54 bits per heavy atom. The molecule has 2 nitrogen and oxygen atoms in total. The molecule has 0 aromatic carbocycles. The molecule has 0 unspecified atom stereocenters. The summed E-state index contributed by atoms with van der Waals surface area (Å²) in [7, 11) is 0. The van der Waals surface area contributed by atoms with Crippen molar-refractivity contribution in [3.8, 4) is 12.3 Å². The quantitative estimate of drug-likeness (QED) is 0.610. The molecule has 1 N–H and O–H groups in total. The van der Waals surface area contributed by atoms with E-state index in [2.05, 4.69) is 11.2 Å².